The highest BCUT2D eigenvalue weighted by atomic mass is 16.5. The molecular formula is C23H31N5O2. The highest BCUT2D eigenvalue weighted by Gasteiger charge is 2.50. The smallest absolute Gasteiger partial charge is 0.245 e. The summed E-state index contributed by atoms with van der Waals surface area (Å²) < 4.78 is 7.62. The number of ether oxygens (including phenoxy) is 1. The molecule has 1 aliphatic carbocycles. The third-order valence-corrected chi connectivity index (χ3v) is 6.46. The molecule has 160 valence electrons. The van der Waals surface area contributed by atoms with E-state index in [-0.39, 0.29) is 17.4 Å². The number of nitrogens with two attached hydrogens (primary N) is 2. The molecule has 7 nitrogen and oxygen atoms in total. The van der Waals surface area contributed by atoms with E-state index in [2.05, 4.69) is 13.5 Å². The Labute approximate surface area is 177 Å². The van der Waals surface area contributed by atoms with Crippen molar-refractivity contribution in [1.29, 1.82) is 0 Å². The molecule has 0 bridgehead atoms. The quantitative estimate of drug-likeness (QED) is 0.685. The van der Waals surface area contributed by atoms with Gasteiger partial charge in [0.25, 0.3) is 0 Å². The lowest BCUT2D eigenvalue weighted by molar-refractivity contribution is -0.125. The Balaban J connectivity index is 1.51. The van der Waals surface area contributed by atoms with E-state index < -0.39 is 0 Å². The summed E-state index contributed by atoms with van der Waals surface area (Å²) in [5.74, 6) is 1.52. The highest BCUT2D eigenvalue weighted by Crippen LogP contribution is 2.54. The second-order valence-corrected chi connectivity index (χ2v) is 8.51. The fraction of sp³-hybridized carbons (Fsp3) is 0.478. The number of amides is 1. The van der Waals surface area contributed by atoms with Crippen molar-refractivity contribution in [3.8, 4) is 17.0 Å². The summed E-state index contributed by atoms with van der Waals surface area (Å²) in [7, 11) is 0. The number of carbonyl (C=O) groups excluding carboxylic acids is 1. The summed E-state index contributed by atoms with van der Waals surface area (Å²) in [5.41, 5.74) is 15.4. The van der Waals surface area contributed by atoms with Crippen LogP contribution in [0.3, 0.4) is 0 Å². The molecule has 1 aromatic carbocycles. The normalized spacial score (nSPS) is 22.9. The van der Waals surface area contributed by atoms with Gasteiger partial charge in [-0.2, -0.15) is 5.10 Å². The predicted octanol–water partition coefficient (Wildman–Crippen LogP) is 3.12. The van der Waals surface area contributed by atoms with Gasteiger partial charge in [0, 0.05) is 30.8 Å². The molecule has 1 saturated heterocycles. The summed E-state index contributed by atoms with van der Waals surface area (Å²) in [6, 6.07) is 8.18. The standard InChI is InChI=1S/C23H31N5O2/c1-3-11-30-18-7-5-16(6-8-18)21-19(14-24)22(25)28(26-21)17-12-23(13-17)9-10-27(15-23)20(29)4-2/h4-8,17H,2-3,9-15,24-25H2,1H3. The molecule has 4 rings (SSSR count). The minimum Gasteiger partial charge on any atom is -0.494 e. The first-order valence-electron chi connectivity index (χ1n) is 10.7. The fourth-order valence-corrected chi connectivity index (χ4v) is 4.82. The molecule has 4 N–H and O–H groups in total. The van der Waals surface area contributed by atoms with Crippen molar-refractivity contribution in [3.63, 3.8) is 0 Å². The number of benzene rings is 1. The molecule has 2 aromatic rings. The third kappa shape index (κ3) is 3.58. The maximum atomic E-state index is 11.9. The van der Waals surface area contributed by atoms with Crippen LogP contribution in [0.25, 0.3) is 11.3 Å². The summed E-state index contributed by atoms with van der Waals surface area (Å²) >= 11 is 0. The molecule has 0 unspecified atom stereocenters. The van der Waals surface area contributed by atoms with Crippen molar-refractivity contribution >= 4 is 11.7 Å². The van der Waals surface area contributed by atoms with Crippen molar-refractivity contribution < 1.29 is 9.53 Å². The van der Waals surface area contributed by atoms with Crippen LogP contribution in [0.2, 0.25) is 0 Å². The highest BCUT2D eigenvalue weighted by molar-refractivity contribution is 5.87. The number of likely N-dealkylation sites (tertiary alicyclic amines) is 1. The number of carbonyl (C=O) groups is 1. The van der Waals surface area contributed by atoms with Gasteiger partial charge < -0.3 is 21.1 Å². The predicted molar refractivity (Wildman–Crippen MR) is 118 cm³/mol. The van der Waals surface area contributed by atoms with Crippen molar-refractivity contribution in [1.82, 2.24) is 14.7 Å². The summed E-state index contributed by atoms with van der Waals surface area (Å²) in [4.78, 5) is 13.8. The van der Waals surface area contributed by atoms with Crippen molar-refractivity contribution in [2.45, 2.75) is 45.2 Å². The first-order chi connectivity index (χ1) is 14.5. The minimum atomic E-state index is 0.0213. The number of hydrogen-bond donors (Lipinski definition) is 2. The molecule has 1 saturated carbocycles. The summed E-state index contributed by atoms with van der Waals surface area (Å²) in [6.07, 6.45) is 5.36. The van der Waals surface area contributed by atoms with E-state index in [4.69, 9.17) is 21.3 Å². The molecule has 7 heteroatoms. The van der Waals surface area contributed by atoms with Crippen molar-refractivity contribution in [2.75, 3.05) is 25.4 Å². The Bertz CT molecular complexity index is 928. The first kappa shape index (κ1) is 20.5. The SMILES string of the molecule is C=CC(=O)N1CCC2(CC(n3nc(-c4ccc(OCCC)cc4)c(CN)c3N)C2)C1. The van der Waals surface area contributed by atoms with Crippen LogP contribution in [0, 0.1) is 5.41 Å². The molecule has 1 amide bonds. The molecular weight excluding hydrogens is 378 g/mol. The third-order valence-electron chi connectivity index (χ3n) is 6.46. The van der Waals surface area contributed by atoms with Crippen LogP contribution in [0.5, 0.6) is 5.75 Å². The zero-order valence-corrected chi connectivity index (χ0v) is 17.6. The van der Waals surface area contributed by atoms with Crippen LogP contribution in [0.15, 0.2) is 36.9 Å². The van der Waals surface area contributed by atoms with Gasteiger partial charge in [-0.05, 0) is 61.4 Å². The number of anilines is 1. The van der Waals surface area contributed by atoms with Crippen LogP contribution < -0.4 is 16.2 Å². The Morgan fingerprint density at radius 3 is 2.73 bits per heavy atom. The number of hydrogen-bond acceptors (Lipinski definition) is 5. The zero-order valence-electron chi connectivity index (χ0n) is 17.6. The van der Waals surface area contributed by atoms with Gasteiger partial charge in [-0.25, -0.2) is 4.68 Å². The van der Waals surface area contributed by atoms with Gasteiger partial charge in [0.15, 0.2) is 0 Å². The van der Waals surface area contributed by atoms with E-state index in [1.54, 1.807) is 0 Å². The number of nitrogen functional groups attached to an aromatic ring is 1. The summed E-state index contributed by atoms with van der Waals surface area (Å²) in [5, 5.41) is 4.86. The fourth-order valence-electron chi connectivity index (χ4n) is 4.82. The molecule has 30 heavy (non-hydrogen) atoms. The van der Waals surface area contributed by atoms with Crippen LogP contribution in [0.1, 0.15) is 44.2 Å². The van der Waals surface area contributed by atoms with E-state index in [0.717, 1.165) is 61.3 Å². The van der Waals surface area contributed by atoms with Gasteiger partial charge in [-0.1, -0.05) is 13.5 Å². The monoisotopic (exact) mass is 409 g/mol. The molecule has 0 atom stereocenters. The molecule has 1 spiro atoms. The Morgan fingerprint density at radius 1 is 1.37 bits per heavy atom. The minimum absolute atomic E-state index is 0.0213. The lowest BCUT2D eigenvalue weighted by Crippen LogP contribution is -2.42. The van der Waals surface area contributed by atoms with Gasteiger partial charge in [-0.15, -0.1) is 0 Å². The maximum absolute atomic E-state index is 11.9. The number of rotatable bonds is 7. The average molecular weight is 410 g/mol. The van der Waals surface area contributed by atoms with Gasteiger partial charge in [-0.3, -0.25) is 4.79 Å². The zero-order chi connectivity index (χ0) is 21.3. The van der Waals surface area contributed by atoms with Crippen LogP contribution >= 0.6 is 0 Å². The molecule has 0 radical (unpaired) electrons. The molecule has 2 aliphatic rings. The van der Waals surface area contributed by atoms with E-state index >= 15 is 0 Å². The second-order valence-electron chi connectivity index (χ2n) is 8.51. The van der Waals surface area contributed by atoms with E-state index in [9.17, 15) is 4.79 Å². The lowest BCUT2D eigenvalue weighted by atomic mass is 9.65. The topological polar surface area (TPSA) is 99.4 Å². The largest absolute Gasteiger partial charge is 0.494 e. The van der Waals surface area contributed by atoms with Crippen molar-refractivity contribution in [2.24, 2.45) is 11.1 Å². The average Bonchev–Trinajstić information content (AvgIpc) is 3.33. The Hall–Kier alpha value is -2.80. The van der Waals surface area contributed by atoms with Gasteiger partial charge in [0.2, 0.25) is 5.91 Å². The Morgan fingerprint density at radius 2 is 2.10 bits per heavy atom. The van der Waals surface area contributed by atoms with Gasteiger partial charge >= 0.3 is 0 Å². The van der Waals surface area contributed by atoms with E-state index in [1.165, 1.54) is 6.08 Å². The molecule has 2 heterocycles. The molecule has 2 fully saturated rings. The van der Waals surface area contributed by atoms with E-state index in [0.29, 0.717) is 19.0 Å². The number of nitrogens with zero attached hydrogens (tertiary/aromatic N) is 3. The second kappa shape index (κ2) is 8.14. The van der Waals surface area contributed by atoms with Crippen molar-refractivity contribution in [3.05, 3.63) is 42.5 Å². The lowest BCUT2D eigenvalue weighted by Gasteiger charge is -2.45. The maximum Gasteiger partial charge on any atom is 0.245 e. The number of aromatic nitrogens is 2. The first-order valence-corrected chi connectivity index (χ1v) is 10.7. The Kier molecular flexibility index (Phi) is 5.56. The summed E-state index contributed by atoms with van der Waals surface area (Å²) in [6.45, 7) is 8.33. The molecule has 1 aliphatic heterocycles. The van der Waals surface area contributed by atoms with Gasteiger partial charge in [0.1, 0.15) is 11.6 Å². The van der Waals surface area contributed by atoms with Gasteiger partial charge in [0.05, 0.1) is 18.3 Å². The van der Waals surface area contributed by atoms with E-state index in [1.807, 2.05) is 33.8 Å². The van der Waals surface area contributed by atoms with Crippen LogP contribution in [-0.4, -0.2) is 40.3 Å². The van der Waals surface area contributed by atoms with Crippen LogP contribution in [-0.2, 0) is 11.3 Å². The molecule has 1 aromatic heterocycles. The van der Waals surface area contributed by atoms with Crippen LogP contribution in [0.4, 0.5) is 5.82 Å².